The van der Waals surface area contributed by atoms with Gasteiger partial charge in [0.2, 0.25) is 10.0 Å². The lowest BCUT2D eigenvalue weighted by Crippen LogP contribution is -2.41. The molecule has 90 valence electrons. The Morgan fingerprint density at radius 2 is 1.93 bits per heavy atom. The Balaban J connectivity index is 2.87. The van der Waals surface area contributed by atoms with Crippen LogP contribution in [0.3, 0.4) is 0 Å². The second kappa shape index (κ2) is 4.39. The van der Waals surface area contributed by atoms with Gasteiger partial charge in [-0.05, 0) is 13.3 Å². The molecule has 0 aromatic carbocycles. The van der Waals surface area contributed by atoms with Crippen molar-refractivity contribution < 1.29 is 16.8 Å². The van der Waals surface area contributed by atoms with E-state index in [9.17, 15) is 16.8 Å². The summed E-state index contributed by atoms with van der Waals surface area (Å²) >= 11 is 0. The summed E-state index contributed by atoms with van der Waals surface area (Å²) in [7, 11) is -6.30. The first-order chi connectivity index (χ1) is 6.82. The number of rotatable bonds is 4. The highest BCUT2D eigenvalue weighted by atomic mass is 32.2. The Bertz CT molecular complexity index is 412. The quantitative estimate of drug-likeness (QED) is 0.700. The number of nitrogens with zero attached hydrogens (tertiary/aromatic N) is 1. The fraction of sp³-hybridized carbons (Fsp3) is 1.00. The number of sulfonamides is 1. The number of hydrogen-bond donors (Lipinski definition) is 0. The lowest BCUT2D eigenvalue weighted by atomic mass is 10.3. The summed E-state index contributed by atoms with van der Waals surface area (Å²) in [5.41, 5.74) is 0. The highest BCUT2D eigenvalue weighted by molar-refractivity contribution is 7.92. The van der Waals surface area contributed by atoms with Crippen molar-refractivity contribution in [1.29, 1.82) is 0 Å². The van der Waals surface area contributed by atoms with Crippen LogP contribution in [0.25, 0.3) is 0 Å². The van der Waals surface area contributed by atoms with Gasteiger partial charge >= 0.3 is 0 Å². The van der Waals surface area contributed by atoms with Gasteiger partial charge in [0, 0.05) is 12.6 Å². The van der Waals surface area contributed by atoms with Crippen molar-refractivity contribution in [3.05, 3.63) is 0 Å². The Labute approximate surface area is 91.4 Å². The summed E-state index contributed by atoms with van der Waals surface area (Å²) in [4.78, 5) is 0. The third-order valence-corrected chi connectivity index (χ3v) is 6.40. The molecule has 1 unspecified atom stereocenters. The van der Waals surface area contributed by atoms with Crippen molar-refractivity contribution in [2.24, 2.45) is 0 Å². The van der Waals surface area contributed by atoms with E-state index in [1.807, 2.05) is 0 Å². The molecule has 1 rings (SSSR count). The van der Waals surface area contributed by atoms with E-state index in [1.54, 1.807) is 13.8 Å². The van der Waals surface area contributed by atoms with Crippen LogP contribution in [0.2, 0.25) is 0 Å². The number of sulfone groups is 1. The first kappa shape index (κ1) is 12.9. The Morgan fingerprint density at radius 3 is 2.27 bits per heavy atom. The zero-order chi connectivity index (χ0) is 11.7. The lowest BCUT2D eigenvalue weighted by Gasteiger charge is -2.25. The van der Waals surface area contributed by atoms with Gasteiger partial charge in [0.05, 0.1) is 17.3 Å². The van der Waals surface area contributed by atoms with Crippen LogP contribution in [0.1, 0.15) is 20.3 Å². The van der Waals surface area contributed by atoms with Crippen LogP contribution in [0.5, 0.6) is 0 Å². The van der Waals surface area contributed by atoms with Crippen LogP contribution in [0, 0.1) is 0 Å². The summed E-state index contributed by atoms with van der Waals surface area (Å²) in [6, 6.07) is -0.357. The average molecular weight is 255 g/mol. The molecule has 0 aromatic rings. The molecule has 0 N–H and O–H groups in total. The molecule has 0 saturated carbocycles. The molecule has 7 heteroatoms. The van der Waals surface area contributed by atoms with Gasteiger partial charge in [-0.15, -0.1) is 0 Å². The van der Waals surface area contributed by atoms with Crippen molar-refractivity contribution in [2.75, 3.05) is 23.8 Å². The van der Waals surface area contributed by atoms with E-state index in [4.69, 9.17) is 0 Å². The smallest absolute Gasteiger partial charge is 0.214 e. The van der Waals surface area contributed by atoms with Crippen molar-refractivity contribution >= 4 is 19.9 Å². The summed E-state index contributed by atoms with van der Waals surface area (Å²) in [6.45, 7) is 3.65. The maximum atomic E-state index is 11.7. The molecular weight excluding hydrogens is 238 g/mol. The normalized spacial score (nSPS) is 25.9. The monoisotopic (exact) mass is 255 g/mol. The summed E-state index contributed by atoms with van der Waals surface area (Å²) in [5, 5.41) is 0. The molecule has 1 atom stereocenters. The van der Waals surface area contributed by atoms with Gasteiger partial charge in [-0.2, -0.15) is 4.31 Å². The third-order valence-electron chi connectivity index (χ3n) is 2.65. The molecule has 0 aromatic heterocycles. The first-order valence-corrected chi connectivity index (χ1v) is 8.45. The molecule has 0 radical (unpaired) electrons. The molecular formula is C8H17NO4S2. The van der Waals surface area contributed by atoms with Crippen LogP contribution in [-0.4, -0.2) is 51.0 Å². The van der Waals surface area contributed by atoms with Crippen LogP contribution in [-0.2, 0) is 19.9 Å². The zero-order valence-electron chi connectivity index (χ0n) is 9.01. The Kier molecular flexibility index (Phi) is 3.78. The minimum Gasteiger partial charge on any atom is -0.229 e. The molecule has 15 heavy (non-hydrogen) atoms. The molecule has 0 bridgehead atoms. The molecule has 1 aliphatic heterocycles. The molecule has 1 aliphatic rings. The second-order valence-corrected chi connectivity index (χ2v) is 8.10. The van der Waals surface area contributed by atoms with E-state index in [2.05, 4.69) is 0 Å². The maximum Gasteiger partial charge on any atom is 0.214 e. The number of hydrogen-bond acceptors (Lipinski definition) is 4. The summed E-state index contributed by atoms with van der Waals surface area (Å²) in [6.07, 6.45) is 0.426. The first-order valence-electron chi connectivity index (χ1n) is 5.02. The highest BCUT2D eigenvalue weighted by Gasteiger charge is 2.36. The largest absolute Gasteiger partial charge is 0.229 e. The summed E-state index contributed by atoms with van der Waals surface area (Å²) < 4.78 is 47.1. The van der Waals surface area contributed by atoms with Crippen LogP contribution in [0.4, 0.5) is 0 Å². The second-order valence-electron chi connectivity index (χ2n) is 3.66. The molecule has 0 amide bonds. The van der Waals surface area contributed by atoms with Gasteiger partial charge in [0.25, 0.3) is 0 Å². The molecule has 0 spiro atoms. The third kappa shape index (κ3) is 2.92. The van der Waals surface area contributed by atoms with Crippen LogP contribution < -0.4 is 0 Å². The standard InChI is InChI=1S/C8H17NO4S2/c1-3-9(15(12,13)4-2)8-5-6-14(10,11)7-8/h8H,3-7H2,1-2H3. The van der Waals surface area contributed by atoms with Crippen molar-refractivity contribution in [3.63, 3.8) is 0 Å². The van der Waals surface area contributed by atoms with E-state index in [0.29, 0.717) is 13.0 Å². The lowest BCUT2D eigenvalue weighted by molar-refractivity contribution is 0.355. The molecule has 5 nitrogen and oxygen atoms in total. The molecule has 1 fully saturated rings. The van der Waals surface area contributed by atoms with Gasteiger partial charge < -0.3 is 0 Å². The van der Waals surface area contributed by atoms with E-state index in [1.165, 1.54) is 4.31 Å². The van der Waals surface area contributed by atoms with Crippen molar-refractivity contribution in [3.8, 4) is 0 Å². The van der Waals surface area contributed by atoms with E-state index >= 15 is 0 Å². The molecule has 1 heterocycles. The predicted molar refractivity (Wildman–Crippen MR) is 58.9 cm³/mol. The van der Waals surface area contributed by atoms with Gasteiger partial charge in [0.15, 0.2) is 9.84 Å². The maximum absolute atomic E-state index is 11.7. The van der Waals surface area contributed by atoms with E-state index in [-0.39, 0.29) is 23.3 Å². The SMILES string of the molecule is CCN(C1CCS(=O)(=O)C1)S(=O)(=O)CC. The van der Waals surface area contributed by atoms with Crippen LogP contribution in [0.15, 0.2) is 0 Å². The van der Waals surface area contributed by atoms with Gasteiger partial charge in [0.1, 0.15) is 0 Å². The molecule has 1 saturated heterocycles. The summed E-state index contributed by atoms with van der Waals surface area (Å²) in [5.74, 6) is 0.102. The van der Waals surface area contributed by atoms with Crippen LogP contribution >= 0.6 is 0 Å². The van der Waals surface area contributed by atoms with Gasteiger partial charge in [-0.1, -0.05) is 6.92 Å². The topological polar surface area (TPSA) is 71.5 Å². The Hall–Kier alpha value is -0.140. The fourth-order valence-corrected chi connectivity index (χ4v) is 5.03. The van der Waals surface area contributed by atoms with Gasteiger partial charge in [-0.25, -0.2) is 16.8 Å². The van der Waals surface area contributed by atoms with Gasteiger partial charge in [-0.3, -0.25) is 0 Å². The Morgan fingerprint density at radius 1 is 1.33 bits per heavy atom. The van der Waals surface area contributed by atoms with Crippen molar-refractivity contribution in [2.45, 2.75) is 26.3 Å². The van der Waals surface area contributed by atoms with Crippen molar-refractivity contribution in [1.82, 2.24) is 4.31 Å². The minimum absolute atomic E-state index is 0.0252. The minimum atomic E-state index is -3.28. The van der Waals surface area contributed by atoms with E-state index < -0.39 is 19.9 Å². The zero-order valence-corrected chi connectivity index (χ0v) is 10.6. The highest BCUT2D eigenvalue weighted by Crippen LogP contribution is 2.20. The average Bonchev–Trinajstić information content (AvgIpc) is 2.47. The van der Waals surface area contributed by atoms with E-state index in [0.717, 1.165) is 0 Å². The predicted octanol–water partition coefficient (Wildman–Crippen LogP) is -0.155. The molecule has 0 aliphatic carbocycles. The fourth-order valence-electron chi connectivity index (χ4n) is 1.85.